The lowest BCUT2D eigenvalue weighted by molar-refractivity contribution is -0.121. The summed E-state index contributed by atoms with van der Waals surface area (Å²) in [4.78, 5) is 13.0. The maximum Gasteiger partial charge on any atom is 0.221 e. The average molecular weight is 367 g/mol. The van der Waals surface area contributed by atoms with Crippen molar-refractivity contribution in [1.29, 1.82) is 0 Å². The first-order valence-electron chi connectivity index (χ1n) is 6.70. The van der Waals surface area contributed by atoms with Gasteiger partial charge in [0.1, 0.15) is 0 Å². The van der Waals surface area contributed by atoms with Crippen LogP contribution in [0.3, 0.4) is 0 Å². The number of rotatable bonds is 6. The van der Waals surface area contributed by atoms with Gasteiger partial charge in [0.15, 0.2) is 0 Å². The second-order valence-corrected chi connectivity index (χ2v) is 7.34. The molecule has 2 N–H and O–H groups in total. The third-order valence-corrected chi connectivity index (χ3v) is 5.33. The van der Waals surface area contributed by atoms with Gasteiger partial charge in [0.25, 0.3) is 0 Å². The fraction of sp³-hybridized carbons (Fsp3) is 0.500. The molecule has 0 radical (unpaired) electrons. The van der Waals surface area contributed by atoms with Gasteiger partial charge in [-0.2, -0.15) is 11.8 Å². The van der Waals surface area contributed by atoms with E-state index in [2.05, 4.69) is 10.6 Å². The molecule has 0 aromatic heterocycles. The van der Waals surface area contributed by atoms with Crippen LogP contribution in [0.15, 0.2) is 29.2 Å². The van der Waals surface area contributed by atoms with Crippen molar-refractivity contribution in [1.82, 2.24) is 10.6 Å². The Hall–Kier alpha value is -0.0700. The zero-order chi connectivity index (χ0) is 14.2. The summed E-state index contributed by atoms with van der Waals surface area (Å²) in [5, 5.41) is 7.10. The molecule has 0 bridgehead atoms. The molecule has 1 aromatic carbocycles. The maximum atomic E-state index is 11.8. The van der Waals surface area contributed by atoms with E-state index < -0.39 is 0 Å². The molecule has 0 saturated carbocycles. The molecule has 1 saturated heterocycles. The molecule has 118 valence electrons. The van der Waals surface area contributed by atoms with Gasteiger partial charge in [-0.15, -0.1) is 24.2 Å². The first-order chi connectivity index (χ1) is 9.74. The standard InChI is InChI=1S/C14H19ClN2OS2.ClH/c15-11-1-3-13(4-2-11)20-8-6-17-14(18)9-12-10-19-7-5-16-12;/h1-4,12,16H,5-10H2,(H,17,18);1H. The molecule has 2 rings (SSSR count). The van der Waals surface area contributed by atoms with Crippen molar-refractivity contribution in [2.75, 3.05) is 30.3 Å². The zero-order valence-electron chi connectivity index (χ0n) is 11.6. The van der Waals surface area contributed by atoms with Crippen LogP contribution in [-0.4, -0.2) is 42.3 Å². The van der Waals surface area contributed by atoms with Gasteiger partial charge >= 0.3 is 0 Å². The Bertz CT molecular complexity index is 425. The van der Waals surface area contributed by atoms with Crippen LogP contribution in [0.1, 0.15) is 6.42 Å². The highest BCUT2D eigenvalue weighted by atomic mass is 35.5. The SMILES string of the molecule is Cl.O=C(CC1CSCCN1)NCCSc1ccc(Cl)cc1. The van der Waals surface area contributed by atoms with E-state index in [0.717, 1.165) is 28.8 Å². The highest BCUT2D eigenvalue weighted by Gasteiger charge is 2.16. The Balaban J connectivity index is 0.00000220. The van der Waals surface area contributed by atoms with E-state index in [9.17, 15) is 4.79 Å². The predicted molar refractivity (Wildman–Crippen MR) is 96.2 cm³/mol. The Morgan fingerprint density at radius 1 is 1.43 bits per heavy atom. The summed E-state index contributed by atoms with van der Waals surface area (Å²) in [6.07, 6.45) is 0.582. The van der Waals surface area contributed by atoms with Crippen molar-refractivity contribution in [3.05, 3.63) is 29.3 Å². The van der Waals surface area contributed by atoms with E-state index in [4.69, 9.17) is 11.6 Å². The van der Waals surface area contributed by atoms with E-state index in [1.165, 1.54) is 4.90 Å². The summed E-state index contributed by atoms with van der Waals surface area (Å²) in [5.41, 5.74) is 0. The van der Waals surface area contributed by atoms with Crippen LogP contribution in [0.25, 0.3) is 0 Å². The van der Waals surface area contributed by atoms with Crippen LogP contribution in [0, 0.1) is 0 Å². The lowest BCUT2D eigenvalue weighted by Gasteiger charge is -2.22. The Morgan fingerprint density at radius 2 is 2.19 bits per heavy atom. The van der Waals surface area contributed by atoms with E-state index in [1.54, 1.807) is 11.8 Å². The van der Waals surface area contributed by atoms with Crippen LogP contribution in [0.4, 0.5) is 0 Å². The predicted octanol–water partition coefficient (Wildman–Crippen LogP) is 3.07. The Labute approximate surface area is 145 Å². The van der Waals surface area contributed by atoms with Gasteiger partial charge in [-0.3, -0.25) is 4.79 Å². The highest BCUT2D eigenvalue weighted by Crippen LogP contribution is 2.19. The maximum absolute atomic E-state index is 11.8. The molecule has 1 heterocycles. The van der Waals surface area contributed by atoms with Gasteiger partial charge in [-0.1, -0.05) is 11.6 Å². The molecule has 1 aliphatic heterocycles. The normalized spacial score (nSPS) is 17.9. The number of carbonyl (C=O) groups excluding carboxylic acids is 1. The topological polar surface area (TPSA) is 41.1 Å². The van der Waals surface area contributed by atoms with Gasteiger partial charge in [-0.05, 0) is 24.3 Å². The molecular weight excluding hydrogens is 347 g/mol. The van der Waals surface area contributed by atoms with Crippen LogP contribution in [0.5, 0.6) is 0 Å². The minimum absolute atomic E-state index is 0. The number of nitrogens with one attached hydrogen (secondary N) is 2. The molecule has 0 aliphatic carbocycles. The number of hydrogen-bond donors (Lipinski definition) is 2. The summed E-state index contributed by atoms with van der Waals surface area (Å²) in [6, 6.07) is 8.09. The van der Waals surface area contributed by atoms with E-state index in [0.29, 0.717) is 19.0 Å². The zero-order valence-corrected chi connectivity index (χ0v) is 14.8. The van der Waals surface area contributed by atoms with Crippen molar-refractivity contribution in [3.8, 4) is 0 Å². The molecular formula is C14H20Cl2N2OS2. The molecule has 1 aromatic rings. The smallest absolute Gasteiger partial charge is 0.221 e. The van der Waals surface area contributed by atoms with Gasteiger partial charge in [0.2, 0.25) is 5.91 Å². The van der Waals surface area contributed by atoms with Crippen molar-refractivity contribution < 1.29 is 4.79 Å². The number of halogens is 2. The molecule has 3 nitrogen and oxygen atoms in total. The first-order valence-corrected chi connectivity index (χ1v) is 9.22. The van der Waals surface area contributed by atoms with Crippen LogP contribution in [-0.2, 0) is 4.79 Å². The molecule has 1 fully saturated rings. The molecule has 7 heteroatoms. The summed E-state index contributed by atoms with van der Waals surface area (Å²) in [7, 11) is 0. The lowest BCUT2D eigenvalue weighted by atomic mass is 10.2. The first kappa shape index (κ1) is 19.0. The largest absolute Gasteiger partial charge is 0.355 e. The van der Waals surface area contributed by atoms with Gasteiger partial charge in [0.05, 0.1) is 0 Å². The van der Waals surface area contributed by atoms with Crippen molar-refractivity contribution in [2.45, 2.75) is 17.4 Å². The monoisotopic (exact) mass is 366 g/mol. The Kier molecular flexibility index (Phi) is 9.60. The fourth-order valence-corrected chi connectivity index (χ4v) is 3.78. The number of amides is 1. The van der Waals surface area contributed by atoms with Crippen LogP contribution >= 0.6 is 47.5 Å². The summed E-state index contributed by atoms with van der Waals surface area (Å²) in [5.74, 6) is 3.20. The third-order valence-electron chi connectivity index (χ3n) is 2.94. The van der Waals surface area contributed by atoms with Crippen LogP contribution in [0.2, 0.25) is 5.02 Å². The molecule has 1 aliphatic rings. The fourth-order valence-electron chi connectivity index (χ4n) is 1.94. The number of benzene rings is 1. The lowest BCUT2D eigenvalue weighted by Crippen LogP contribution is -2.41. The summed E-state index contributed by atoms with van der Waals surface area (Å²) in [6.45, 7) is 1.71. The second-order valence-electron chi connectivity index (χ2n) is 4.58. The average Bonchev–Trinajstić information content (AvgIpc) is 2.46. The van der Waals surface area contributed by atoms with Gasteiger partial charge in [0, 0.05) is 52.7 Å². The summed E-state index contributed by atoms with van der Waals surface area (Å²) >= 11 is 9.47. The van der Waals surface area contributed by atoms with Gasteiger partial charge in [-0.25, -0.2) is 0 Å². The molecule has 1 atom stereocenters. The van der Waals surface area contributed by atoms with E-state index >= 15 is 0 Å². The van der Waals surface area contributed by atoms with Crippen molar-refractivity contribution in [3.63, 3.8) is 0 Å². The number of thioether (sulfide) groups is 2. The number of hydrogen-bond acceptors (Lipinski definition) is 4. The van der Waals surface area contributed by atoms with Gasteiger partial charge < -0.3 is 10.6 Å². The molecule has 1 amide bonds. The molecule has 1 unspecified atom stereocenters. The minimum atomic E-state index is 0. The molecule has 21 heavy (non-hydrogen) atoms. The number of carbonyl (C=O) groups is 1. The second kappa shape index (κ2) is 10.6. The Morgan fingerprint density at radius 3 is 2.86 bits per heavy atom. The van der Waals surface area contributed by atoms with Crippen molar-refractivity contribution in [2.24, 2.45) is 0 Å². The highest BCUT2D eigenvalue weighted by molar-refractivity contribution is 7.99. The van der Waals surface area contributed by atoms with Crippen LogP contribution < -0.4 is 10.6 Å². The van der Waals surface area contributed by atoms with E-state index in [-0.39, 0.29) is 18.3 Å². The van der Waals surface area contributed by atoms with Crippen molar-refractivity contribution >= 4 is 53.4 Å². The quantitative estimate of drug-likeness (QED) is 0.599. The van der Waals surface area contributed by atoms with E-state index in [1.807, 2.05) is 36.0 Å². The third kappa shape index (κ3) is 7.66. The minimum Gasteiger partial charge on any atom is -0.355 e. The summed E-state index contributed by atoms with van der Waals surface area (Å²) < 4.78 is 0. The molecule has 0 spiro atoms.